The van der Waals surface area contributed by atoms with Crippen LogP contribution in [0.4, 0.5) is 0 Å². The van der Waals surface area contributed by atoms with Crippen LogP contribution in [0.25, 0.3) is 0 Å². The van der Waals surface area contributed by atoms with Crippen LogP contribution in [0, 0.1) is 0 Å². The van der Waals surface area contributed by atoms with Crippen molar-refractivity contribution >= 4 is 5.91 Å². The fourth-order valence-corrected chi connectivity index (χ4v) is 2.98. The molecule has 1 amide bonds. The zero-order valence-electron chi connectivity index (χ0n) is 11.9. The van der Waals surface area contributed by atoms with Crippen molar-refractivity contribution in [2.45, 2.75) is 38.1 Å². The molecule has 0 aromatic heterocycles. The van der Waals surface area contributed by atoms with Crippen molar-refractivity contribution in [2.24, 2.45) is 0 Å². The fraction of sp³-hybridized carbons (Fsp3) is 0.929. The second kappa shape index (κ2) is 6.53. The van der Waals surface area contributed by atoms with E-state index < -0.39 is 0 Å². The minimum Gasteiger partial charge on any atom is -0.340 e. The van der Waals surface area contributed by atoms with Crippen LogP contribution in [0.3, 0.4) is 0 Å². The molecule has 104 valence electrons. The summed E-state index contributed by atoms with van der Waals surface area (Å²) < 4.78 is 0. The van der Waals surface area contributed by atoms with Crippen LogP contribution in [-0.4, -0.2) is 73.5 Å². The molecule has 0 aromatic rings. The molecule has 4 nitrogen and oxygen atoms in total. The first-order chi connectivity index (χ1) is 8.66. The molecule has 0 N–H and O–H groups in total. The van der Waals surface area contributed by atoms with E-state index in [4.69, 9.17) is 0 Å². The van der Waals surface area contributed by atoms with Crippen molar-refractivity contribution < 1.29 is 4.79 Å². The molecule has 2 aliphatic rings. The average molecular weight is 253 g/mol. The SMILES string of the molecule is CN(C)C1CCN(C(=O)CN2CCCCCC2)C1. The summed E-state index contributed by atoms with van der Waals surface area (Å²) in [4.78, 5) is 18.9. The minimum absolute atomic E-state index is 0.334. The van der Waals surface area contributed by atoms with E-state index in [1.54, 1.807) is 0 Å². The highest BCUT2D eigenvalue weighted by Gasteiger charge is 2.28. The first-order valence-electron chi connectivity index (χ1n) is 7.33. The lowest BCUT2D eigenvalue weighted by Gasteiger charge is -2.24. The van der Waals surface area contributed by atoms with Gasteiger partial charge in [0.15, 0.2) is 0 Å². The highest BCUT2D eigenvalue weighted by atomic mass is 16.2. The van der Waals surface area contributed by atoms with Crippen LogP contribution in [0.5, 0.6) is 0 Å². The molecule has 2 aliphatic heterocycles. The van der Waals surface area contributed by atoms with Crippen LogP contribution in [-0.2, 0) is 4.79 Å². The van der Waals surface area contributed by atoms with Crippen LogP contribution in [0.1, 0.15) is 32.1 Å². The number of nitrogens with zero attached hydrogens (tertiary/aromatic N) is 3. The summed E-state index contributed by atoms with van der Waals surface area (Å²) in [6.45, 7) is 4.71. The maximum absolute atomic E-state index is 12.3. The van der Waals surface area contributed by atoms with E-state index in [9.17, 15) is 4.79 Å². The average Bonchev–Trinajstić information content (AvgIpc) is 2.70. The van der Waals surface area contributed by atoms with E-state index in [0.717, 1.165) is 32.6 Å². The van der Waals surface area contributed by atoms with Gasteiger partial charge in [-0.3, -0.25) is 9.69 Å². The van der Waals surface area contributed by atoms with Crippen molar-refractivity contribution in [1.82, 2.24) is 14.7 Å². The molecule has 1 unspecified atom stereocenters. The van der Waals surface area contributed by atoms with Gasteiger partial charge in [-0.2, -0.15) is 0 Å². The van der Waals surface area contributed by atoms with Crippen molar-refractivity contribution in [3.8, 4) is 0 Å². The highest BCUT2D eigenvalue weighted by Crippen LogP contribution is 2.15. The van der Waals surface area contributed by atoms with Gasteiger partial charge in [0.25, 0.3) is 0 Å². The zero-order chi connectivity index (χ0) is 13.0. The maximum atomic E-state index is 12.3. The second-order valence-electron chi connectivity index (χ2n) is 5.94. The molecule has 0 aliphatic carbocycles. The van der Waals surface area contributed by atoms with Crippen molar-refractivity contribution in [3.05, 3.63) is 0 Å². The van der Waals surface area contributed by atoms with Gasteiger partial charge in [-0.1, -0.05) is 12.8 Å². The van der Waals surface area contributed by atoms with E-state index in [2.05, 4.69) is 28.8 Å². The summed E-state index contributed by atoms with van der Waals surface area (Å²) in [5, 5.41) is 0. The van der Waals surface area contributed by atoms with E-state index in [-0.39, 0.29) is 0 Å². The van der Waals surface area contributed by atoms with Gasteiger partial charge in [0, 0.05) is 19.1 Å². The first-order valence-corrected chi connectivity index (χ1v) is 7.33. The third-order valence-corrected chi connectivity index (χ3v) is 4.30. The van der Waals surface area contributed by atoms with E-state index in [1.807, 2.05) is 0 Å². The molecule has 1 atom stereocenters. The first kappa shape index (κ1) is 13.8. The molecule has 0 spiro atoms. The predicted molar refractivity (Wildman–Crippen MR) is 73.6 cm³/mol. The van der Waals surface area contributed by atoms with Crippen LogP contribution in [0.15, 0.2) is 0 Å². The Kier molecular flexibility index (Phi) is 5.01. The van der Waals surface area contributed by atoms with Crippen molar-refractivity contribution in [1.29, 1.82) is 0 Å². The Morgan fingerprint density at radius 2 is 1.78 bits per heavy atom. The number of likely N-dealkylation sites (N-methyl/N-ethyl adjacent to an activating group) is 1. The summed E-state index contributed by atoms with van der Waals surface area (Å²) in [7, 11) is 4.21. The number of carbonyl (C=O) groups is 1. The fourth-order valence-electron chi connectivity index (χ4n) is 2.98. The molecular formula is C14H27N3O. The minimum atomic E-state index is 0.334. The van der Waals surface area contributed by atoms with Gasteiger partial charge >= 0.3 is 0 Å². The Balaban J connectivity index is 1.77. The third-order valence-electron chi connectivity index (χ3n) is 4.30. The predicted octanol–water partition coefficient (Wildman–Crippen LogP) is 1.02. The molecule has 2 heterocycles. The Morgan fingerprint density at radius 1 is 1.11 bits per heavy atom. The lowest BCUT2D eigenvalue weighted by atomic mass is 10.2. The quantitative estimate of drug-likeness (QED) is 0.751. The lowest BCUT2D eigenvalue weighted by molar-refractivity contribution is -0.131. The van der Waals surface area contributed by atoms with E-state index >= 15 is 0 Å². The summed E-state index contributed by atoms with van der Waals surface area (Å²) >= 11 is 0. The molecule has 4 heteroatoms. The van der Waals surface area contributed by atoms with E-state index in [0.29, 0.717) is 18.5 Å². The number of hydrogen-bond donors (Lipinski definition) is 0. The molecule has 18 heavy (non-hydrogen) atoms. The van der Waals surface area contributed by atoms with Gasteiger partial charge in [0.1, 0.15) is 0 Å². The molecule has 0 saturated carbocycles. The van der Waals surface area contributed by atoms with Crippen LogP contribution < -0.4 is 0 Å². The van der Waals surface area contributed by atoms with Crippen LogP contribution >= 0.6 is 0 Å². The lowest BCUT2D eigenvalue weighted by Crippen LogP contribution is -2.41. The monoisotopic (exact) mass is 253 g/mol. The van der Waals surface area contributed by atoms with Crippen molar-refractivity contribution in [3.63, 3.8) is 0 Å². The number of hydrogen-bond acceptors (Lipinski definition) is 3. The molecular weight excluding hydrogens is 226 g/mol. The molecule has 2 rings (SSSR count). The Hall–Kier alpha value is -0.610. The number of amides is 1. The number of likely N-dealkylation sites (tertiary alicyclic amines) is 2. The van der Waals surface area contributed by atoms with Gasteiger partial charge in [0.05, 0.1) is 6.54 Å². The Labute approximate surface area is 111 Å². The standard InChI is InChI=1S/C14H27N3O/c1-15(2)13-7-10-17(11-13)14(18)12-16-8-5-3-4-6-9-16/h13H,3-12H2,1-2H3. The smallest absolute Gasteiger partial charge is 0.236 e. The summed E-state index contributed by atoms with van der Waals surface area (Å²) in [5.41, 5.74) is 0. The van der Waals surface area contributed by atoms with Crippen molar-refractivity contribution in [2.75, 3.05) is 46.8 Å². The summed E-state index contributed by atoms with van der Waals surface area (Å²) in [5.74, 6) is 0.334. The zero-order valence-corrected chi connectivity index (χ0v) is 11.9. The molecule has 2 fully saturated rings. The van der Waals surface area contributed by atoms with E-state index in [1.165, 1.54) is 25.7 Å². The molecule has 0 radical (unpaired) electrons. The number of rotatable bonds is 3. The molecule has 2 saturated heterocycles. The second-order valence-corrected chi connectivity index (χ2v) is 5.94. The van der Waals surface area contributed by atoms with Gasteiger partial charge < -0.3 is 9.80 Å². The highest BCUT2D eigenvalue weighted by molar-refractivity contribution is 5.78. The van der Waals surface area contributed by atoms with Gasteiger partial charge in [0.2, 0.25) is 5.91 Å². The van der Waals surface area contributed by atoms with Gasteiger partial charge in [-0.15, -0.1) is 0 Å². The summed E-state index contributed by atoms with van der Waals surface area (Å²) in [6.07, 6.45) is 6.30. The molecule has 0 bridgehead atoms. The Morgan fingerprint density at radius 3 is 2.33 bits per heavy atom. The van der Waals surface area contributed by atoms with Gasteiger partial charge in [-0.05, 0) is 46.4 Å². The Bertz CT molecular complexity index is 272. The number of carbonyl (C=O) groups excluding carboxylic acids is 1. The van der Waals surface area contributed by atoms with Crippen LogP contribution in [0.2, 0.25) is 0 Å². The third kappa shape index (κ3) is 3.69. The van der Waals surface area contributed by atoms with Gasteiger partial charge in [-0.25, -0.2) is 0 Å². The summed E-state index contributed by atoms with van der Waals surface area (Å²) in [6, 6.07) is 0.554. The molecule has 0 aromatic carbocycles. The topological polar surface area (TPSA) is 26.8 Å². The normalized spacial score (nSPS) is 26.6. The largest absolute Gasteiger partial charge is 0.340 e. The maximum Gasteiger partial charge on any atom is 0.236 e.